The van der Waals surface area contributed by atoms with Crippen molar-refractivity contribution in [2.45, 2.75) is 32.7 Å². The highest BCUT2D eigenvalue weighted by atomic mass is 127. The number of rotatable bonds is 7. The summed E-state index contributed by atoms with van der Waals surface area (Å²) in [5.74, 6) is 1.70. The molecular formula is C19H28IN3OS. The Bertz CT molecular complexity index is 656. The fraction of sp³-hybridized carbons (Fsp3) is 0.421. The average molecular weight is 473 g/mol. The predicted octanol–water partition coefficient (Wildman–Crippen LogP) is 4.41. The molecule has 25 heavy (non-hydrogen) atoms. The second-order valence-corrected chi connectivity index (χ2v) is 7.21. The van der Waals surface area contributed by atoms with E-state index in [-0.39, 0.29) is 29.4 Å². The van der Waals surface area contributed by atoms with Crippen LogP contribution in [0.2, 0.25) is 0 Å². The molecular weight excluding hydrogens is 445 g/mol. The van der Waals surface area contributed by atoms with Crippen molar-refractivity contribution in [1.82, 2.24) is 10.6 Å². The van der Waals surface area contributed by atoms with Crippen LogP contribution in [0.15, 0.2) is 46.8 Å². The third-order valence-electron chi connectivity index (χ3n) is 3.78. The summed E-state index contributed by atoms with van der Waals surface area (Å²) in [6.07, 6.45) is 0. The fourth-order valence-corrected chi connectivity index (χ4v) is 3.19. The van der Waals surface area contributed by atoms with E-state index in [1.165, 1.54) is 4.88 Å². The van der Waals surface area contributed by atoms with Crippen molar-refractivity contribution in [3.63, 3.8) is 0 Å². The molecule has 6 heteroatoms. The van der Waals surface area contributed by atoms with E-state index in [2.05, 4.69) is 60.0 Å². The summed E-state index contributed by atoms with van der Waals surface area (Å²) in [7, 11) is 1.68. The van der Waals surface area contributed by atoms with Gasteiger partial charge in [0, 0.05) is 23.4 Å². The lowest BCUT2D eigenvalue weighted by molar-refractivity contribution is 0.414. The molecule has 138 valence electrons. The van der Waals surface area contributed by atoms with Gasteiger partial charge in [-0.25, -0.2) is 4.99 Å². The summed E-state index contributed by atoms with van der Waals surface area (Å²) in [6, 6.07) is 12.3. The van der Waals surface area contributed by atoms with Crippen LogP contribution in [-0.2, 0) is 12.0 Å². The summed E-state index contributed by atoms with van der Waals surface area (Å²) >= 11 is 1.80. The Hall–Kier alpha value is -1.28. The Balaban J connectivity index is 0.00000312. The van der Waals surface area contributed by atoms with Crippen LogP contribution < -0.4 is 15.4 Å². The van der Waals surface area contributed by atoms with Crippen molar-refractivity contribution in [2.75, 3.05) is 20.2 Å². The number of nitrogens with zero attached hydrogens (tertiary/aromatic N) is 1. The topological polar surface area (TPSA) is 45.7 Å². The van der Waals surface area contributed by atoms with Crippen molar-refractivity contribution in [1.29, 1.82) is 0 Å². The third-order valence-corrected chi connectivity index (χ3v) is 5.02. The molecule has 2 N–H and O–H groups in total. The molecule has 0 radical (unpaired) electrons. The van der Waals surface area contributed by atoms with Crippen LogP contribution in [-0.4, -0.2) is 26.2 Å². The van der Waals surface area contributed by atoms with E-state index in [0.29, 0.717) is 6.54 Å². The highest BCUT2D eigenvalue weighted by Crippen LogP contribution is 2.26. The SMILES string of the molecule is CCNC(=NCc1cccc(OC)c1)NCC(C)(C)c1cccs1.I. The van der Waals surface area contributed by atoms with Gasteiger partial charge >= 0.3 is 0 Å². The van der Waals surface area contributed by atoms with Gasteiger partial charge in [0.2, 0.25) is 0 Å². The Labute approximate surface area is 172 Å². The number of methoxy groups -OCH3 is 1. The van der Waals surface area contributed by atoms with Gasteiger partial charge in [0.15, 0.2) is 5.96 Å². The molecule has 1 aromatic carbocycles. The van der Waals surface area contributed by atoms with Gasteiger partial charge < -0.3 is 15.4 Å². The Kier molecular flexibility index (Phi) is 9.27. The quantitative estimate of drug-likeness (QED) is 0.356. The van der Waals surface area contributed by atoms with E-state index >= 15 is 0 Å². The molecule has 0 saturated carbocycles. The second kappa shape index (κ2) is 10.7. The van der Waals surface area contributed by atoms with Crippen LogP contribution in [0.3, 0.4) is 0 Å². The van der Waals surface area contributed by atoms with Gasteiger partial charge in [0.05, 0.1) is 13.7 Å². The van der Waals surface area contributed by atoms with Crippen LogP contribution in [0.5, 0.6) is 5.75 Å². The van der Waals surface area contributed by atoms with Gasteiger partial charge in [-0.3, -0.25) is 0 Å². The van der Waals surface area contributed by atoms with Gasteiger partial charge in [0.1, 0.15) is 5.75 Å². The molecule has 0 aliphatic rings. The molecule has 1 aromatic heterocycles. The molecule has 0 saturated heterocycles. The van der Waals surface area contributed by atoms with Gasteiger partial charge in [-0.2, -0.15) is 0 Å². The maximum absolute atomic E-state index is 5.26. The molecule has 0 aliphatic heterocycles. The van der Waals surface area contributed by atoms with Gasteiger partial charge in [-0.15, -0.1) is 35.3 Å². The van der Waals surface area contributed by atoms with Crippen molar-refractivity contribution in [3.05, 3.63) is 52.2 Å². The number of benzene rings is 1. The number of hydrogen-bond donors (Lipinski definition) is 2. The first-order valence-electron chi connectivity index (χ1n) is 8.24. The van der Waals surface area contributed by atoms with Crippen LogP contribution in [0.1, 0.15) is 31.2 Å². The lowest BCUT2D eigenvalue weighted by atomic mass is 9.91. The molecule has 0 amide bonds. The molecule has 1 heterocycles. The number of thiophene rings is 1. The van der Waals surface area contributed by atoms with Crippen molar-refractivity contribution < 1.29 is 4.74 Å². The van der Waals surface area contributed by atoms with E-state index in [0.717, 1.165) is 30.4 Å². The highest BCUT2D eigenvalue weighted by molar-refractivity contribution is 14.0. The minimum atomic E-state index is 0. The average Bonchev–Trinajstić information content (AvgIpc) is 3.13. The number of ether oxygens (including phenoxy) is 1. The van der Waals surface area contributed by atoms with Crippen LogP contribution in [0, 0.1) is 0 Å². The number of guanidine groups is 1. The summed E-state index contributed by atoms with van der Waals surface area (Å²) < 4.78 is 5.26. The first-order chi connectivity index (χ1) is 11.5. The monoisotopic (exact) mass is 473 g/mol. The first kappa shape index (κ1) is 21.8. The molecule has 2 rings (SSSR count). The van der Waals surface area contributed by atoms with Crippen molar-refractivity contribution >= 4 is 41.3 Å². The lowest BCUT2D eigenvalue weighted by Gasteiger charge is -2.25. The summed E-state index contributed by atoms with van der Waals surface area (Å²) in [6.45, 7) is 8.86. The predicted molar refractivity (Wildman–Crippen MR) is 119 cm³/mol. The number of hydrogen-bond acceptors (Lipinski definition) is 3. The minimum absolute atomic E-state index is 0. The van der Waals surface area contributed by atoms with E-state index in [1.54, 1.807) is 18.4 Å². The van der Waals surface area contributed by atoms with Crippen molar-refractivity contribution in [3.8, 4) is 5.75 Å². The largest absolute Gasteiger partial charge is 0.497 e. The van der Waals surface area contributed by atoms with Crippen LogP contribution in [0.25, 0.3) is 0 Å². The number of nitrogens with one attached hydrogen (secondary N) is 2. The molecule has 0 atom stereocenters. The van der Waals surface area contributed by atoms with E-state index in [9.17, 15) is 0 Å². The maximum atomic E-state index is 5.26. The summed E-state index contributed by atoms with van der Waals surface area (Å²) in [5.41, 5.74) is 1.20. The standard InChI is InChI=1S/C19H27N3OS.HI/c1-5-20-18(21-13-15-8-6-9-16(12-15)23-4)22-14-19(2,3)17-10-7-11-24-17;/h6-12H,5,13-14H2,1-4H3,(H2,20,21,22);1H. The molecule has 0 bridgehead atoms. The Morgan fingerprint density at radius 3 is 2.64 bits per heavy atom. The van der Waals surface area contributed by atoms with Crippen molar-refractivity contribution in [2.24, 2.45) is 4.99 Å². The summed E-state index contributed by atoms with van der Waals surface area (Å²) in [5, 5.41) is 8.90. The normalized spacial score (nSPS) is 11.6. The zero-order valence-corrected chi connectivity index (χ0v) is 18.5. The molecule has 0 spiro atoms. The van der Waals surface area contributed by atoms with E-state index in [4.69, 9.17) is 4.74 Å². The molecule has 0 fully saturated rings. The Morgan fingerprint density at radius 1 is 1.20 bits per heavy atom. The maximum Gasteiger partial charge on any atom is 0.191 e. The summed E-state index contributed by atoms with van der Waals surface area (Å²) in [4.78, 5) is 6.06. The minimum Gasteiger partial charge on any atom is -0.497 e. The van der Waals surface area contributed by atoms with Gasteiger partial charge in [0.25, 0.3) is 0 Å². The number of aliphatic imine (C=N–C) groups is 1. The zero-order chi connectivity index (χ0) is 17.4. The lowest BCUT2D eigenvalue weighted by Crippen LogP contribution is -2.43. The molecule has 2 aromatic rings. The van der Waals surface area contributed by atoms with E-state index < -0.39 is 0 Å². The zero-order valence-electron chi connectivity index (χ0n) is 15.3. The van der Waals surface area contributed by atoms with E-state index in [1.807, 2.05) is 18.2 Å². The van der Waals surface area contributed by atoms with Crippen LogP contribution >= 0.6 is 35.3 Å². The van der Waals surface area contributed by atoms with Crippen LogP contribution in [0.4, 0.5) is 0 Å². The van der Waals surface area contributed by atoms with Gasteiger partial charge in [-0.1, -0.05) is 32.0 Å². The fourth-order valence-electron chi connectivity index (χ4n) is 2.34. The highest BCUT2D eigenvalue weighted by Gasteiger charge is 2.21. The second-order valence-electron chi connectivity index (χ2n) is 6.26. The first-order valence-corrected chi connectivity index (χ1v) is 9.12. The Morgan fingerprint density at radius 2 is 2.00 bits per heavy atom. The molecule has 4 nitrogen and oxygen atoms in total. The smallest absolute Gasteiger partial charge is 0.191 e. The molecule has 0 unspecified atom stereocenters. The number of halogens is 1. The van der Waals surface area contributed by atoms with Gasteiger partial charge in [-0.05, 0) is 36.1 Å². The third kappa shape index (κ3) is 6.86. The molecule has 0 aliphatic carbocycles.